The van der Waals surface area contributed by atoms with Gasteiger partial charge in [0, 0.05) is 28.8 Å². The molecule has 0 saturated carbocycles. The van der Waals surface area contributed by atoms with Gasteiger partial charge in [0.25, 0.3) is 11.9 Å². The Bertz CT molecular complexity index is 1390. The van der Waals surface area contributed by atoms with Gasteiger partial charge in [-0.15, -0.1) is 0 Å². The number of fused-ring (bicyclic) bond motifs is 4. The van der Waals surface area contributed by atoms with E-state index in [0.717, 1.165) is 24.0 Å². The van der Waals surface area contributed by atoms with Gasteiger partial charge in [-0.1, -0.05) is 71.2 Å². The Labute approximate surface area is 224 Å². The fourth-order valence-corrected chi connectivity index (χ4v) is 7.14. The molecule has 9 heteroatoms. The van der Waals surface area contributed by atoms with E-state index in [0.29, 0.717) is 39.2 Å². The van der Waals surface area contributed by atoms with Gasteiger partial charge in [0.1, 0.15) is 6.61 Å². The third-order valence-corrected chi connectivity index (χ3v) is 8.56. The zero-order valence-corrected chi connectivity index (χ0v) is 21.6. The molecule has 0 bridgehead atoms. The molecule has 190 valence electrons. The summed E-state index contributed by atoms with van der Waals surface area (Å²) in [6.07, 6.45) is 1.59. The summed E-state index contributed by atoms with van der Waals surface area (Å²) in [4.78, 5) is 28.1. The van der Waals surface area contributed by atoms with Gasteiger partial charge in [-0.05, 0) is 49.1 Å². The summed E-state index contributed by atoms with van der Waals surface area (Å²) in [7, 11) is 0. The van der Waals surface area contributed by atoms with Crippen molar-refractivity contribution in [1.82, 2.24) is 4.90 Å². The normalized spacial score (nSPS) is 26.2. The fourth-order valence-electron chi connectivity index (χ4n) is 6.52. The van der Waals surface area contributed by atoms with Crippen LogP contribution in [0.5, 0.6) is 5.75 Å². The van der Waals surface area contributed by atoms with Crippen LogP contribution in [0.15, 0.2) is 60.7 Å². The smallest absolute Gasteiger partial charge is 0.256 e. The number of benzene rings is 3. The SMILES string of the molecule is Cc1ccc(COc2c(Cl)cc([C@H]3[C@H]([N+](=O)[O-])[C@]4(C(=O)Nc5ccccc54)N4CCC[C@@H]34)cc2Cl)cc1. The predicted octanol–water partition coefficient (Wildman–Crippen LogP) is 5.94. The molecule has 1 amide bonds. The zero-order valence-electron chi connectivity index (χ0n) is 20.1. The number of hydrogen-bond donors (Lipinski definition) is 1. The second-order valence-corrected chi connectivity index (χ2v) is 10.8. The van der Waals surface area contributed by atoms with Crippen LogP contribution in [0.1, 0.15) is 41.0 Å². The highest BCUT2D eigenvalue weighted by Gasteiger charge is 2.73. The Morgan fingerprint density at radius 1 is 1.14 bits per heavy atom. The Morgan fingerprint density at radius 3 is 2.54 bits per heavy atom. The number of hydrogen-bond acceptors (Lipinski definition) is 5. The molecule has 0 aliphatic carbocycles. The van der Waals surface area contributed by atoms with E-state index in [4.69, 9.17) is 27.9 Å². The van der Waals surface area contributed by atoms with Crippen molar-refractivity contribution >= 4 is 34.8 Å². The van der Waals surface area contributed by atoms with E-state index in [1.165, 1.54) is 0 Å². The minimum atomic E-state index is -1.38. The van der Waals surface area contributed by atoms with Gasteiger partial charge in [-0.3, -0.25) is 19.8 Å². The highest BCUT2D eigenvalue weighted by Crippen LogP contribution is 2.58. The molecule has 3 aliphatic heterocycles. The van der Waals surface area contributed by atoms with Crippen molar-refractivity contribution in [3.63, 3.8) is 0 Å². The van der Waals surface area contributed by atoms with Crippen molar-refractivity contribution in [1.29, 1.82) is 0 Å². The number of halogens is 2. The lowest BCUT2D eigenvalue weighted by atomic mass is 9.77. The summed E-state index contributed by atoms with van der Waals surface area (Å²) in [6.45, 7) is 2.91. The first-order chi connectivity index (χ1) is 17.8. The van der Waals surface area contributed by atoms with E-state index in [1.807, 2.05) is 54.3 Å². The molecule has 3 heterocycles. The molecular formula is C28H25Cl2N3O4. The van der Waals surface area contributed by atoms with Gasteiger partial charge in [0.15, 0.2) is 11.3 Å². The number of rotatable bonds is 5. The van der Waals surface area contributed by atoms with Crippen LogP contribution in [-0.2, 0) is 16.9 Å². The highest BCUT2D eigenvalue weighted by atomic mass is 35.5. The Hall–Kier alpha value is -3.13. The summed E-state index contributed by atoms with van der Waals surface area (Å²) >= 11 is 13.3. The number of carbonyl (C=O) groups excluding carboxylic acids is 1. The fraction of sp³-hybridized carbons (Fsp3) is 0.321. The molecule has 2 fully saturated rings. The van der Waals surface area contributed by atoms with Crippen molar-refractivity contribution in [2.24, 2.45) is 0 Å². The quantitative estimate of drug-likeness (QED) is 0.321. The van der Waals surface area contributed by atoms with Crippen LogP contribution in [-0.4, -0.2) is 34.4 Å². The molecule has 1 spiro atoms. The van der Waals surface area contributed by atoms with E-state index >= 15 is 0 Å². The maximum atomic E-state index is 13.6. The number of nitrogens with zero attached hydrogens (tertiary/aromatic N) is 2. The van der Waals surface area contributed by atoms with Crippen molar-refractivity contribution < 1.29 is 14.5 Å². The maximum Gasteiger partial charge on any atom is 0.256 e. The molecule has 37 heavy (non-hydrogen) atoms. The standard InChI is InChI=1S/C28H25Cl2N3O4/c1-16-8-10-17(11-9-16)15-37-25-20(29)13-18(14-21(25)30)24-23-7-4-12-32(23)28(26(24)33(35)36)19-5-2-3-6-22(19)31-27(28)34/h2-3,5-6,8-11,13-14,23-24,26H,4,7,12,15H2,1H3,(H,31,34)/t23-,24+,26-,28+/m0/s1. The van der Waals surface area contributed by atoms with Gasteiger partial charge in [-0.25, -0.2) is 0 Å². The van der Waals surface area contributed by atoms with E-state index in [-0.39, 0.29) is 23.5 Å². The van der Waals surface area contributed by atoms with E-state index < -0.39 is 17.5 Å². The molecule has 4 atom stereocenters. The molecular weight excluding hydrogens is 513 g/mol. The molecule has 3 aromatic rings. The first-order valence-electron chi connectivity index (χ1n) is 12.3. The van der Waals surface area contributed by atoms with Crippen molar-refractivity contribution in [3.8, 4) is 5.75 Å². The Morgan fingerprint density at radius 2 is 1.84 bits per heavy atom. The average Bonchev–Trinajstić information content (AvgIpc) is 3.53. The third-order valence-electron chi connectivity index (χ3n) is 8.00. The minimum Gasteiger partial charge on any atom is -0.486 e. The van der Waals surface area contributed by atoms with Crippen molar-refractivity contribution in [2.75, 3.05) is 11.9 Å². The van der Waals surface area contributed by atoms with Gasteiger partial charge in [0.2, 0.25) is 0 Å². The first kappa shape index (κ1) is 24.2. The van der Waals surface area contributed by atoms with Crippen LogP contribution in [0.2, 0.25) is 10.0 Å². The second kappa shape index (κ2) is 9.01. The summed E-state index contributed by atoms with van der Waals surface area (Å²) in [5.74, 6) is -0.583. The molecule has 0 unspecified atom stereocenters. The van der Waals surface area contributed by atoms with Crippen LogP contribution in [0, 0.1) is 17.0 Å². The molecule has 0 aromatic heterocycles. The monoisotopic (exact) mass is 537 g/mol. The van der Waals surface area contributed by atoms with Crippen LogP contribution in [0.25, 0.3) is 0 Å². The summed E-state index contributed by atoms with van der Waals surface area (Å²) < 4.78 is 5.96. The average molecular weight is 538 g/mol. The lowest BCUT2D eigenvalue weighted by Crippen LogP contribution is -2.55. The third kappa shape index (κ3) is 3.63. The number of ether oxygens (including phenoxy) is 1. The lowest BCUT2D eigenvalue weighted by Gasteiger charge is -2.32. The van der Waals surface area contributed by atoms with Crippen molar-refractivity contribution in [2.45, 2.75) is 49.9 Å². The zero-order chi connectivity index (χ0) is 25.9. The molecule has 6 rings (SSSR count). The van der Waals surface area contributed by atoms with Gasteiger partial charge < -0.3 is 10.1 Å². The summed E-state index contributed by atoms with van der Waals surface area (Å²) in [5, 5.41) is 16.3. The summed E-state index contributed by atoms with van der Waals surface area (Å²) in [5.41, 5.74) is 2.67. The first-order valence-corrected chi connectivity index (χ1v) is 13.1. The molecule has 3 aromatic carbocycles. The number of carbonyl (C=O) groups is 1. The van der Waals surface area contributed by atoms with E-state index in [1.54, 1.807) is 18.2 Å². The number of nitro groups is 1. The van der Waals surface area contributed by atoms with Crippen LogP contribution in [0.3, 0.4) is 0 Å². The molecule has 2 saturated heterocycles. The lowest BCUT2D eigenvalue weighted by molar-refractivity contribution is -0.534. The minimum absolute atomic E-state index is 0.196. The van der Waals surface area contributed by atoms with Gasteiger partial charge in [0.05, 0.1) is 16.0 Å². The molecule has 0 radical (unpaired) electrons. The number of amides is 1. The van der Waals surface area contributed by atoms with Crippen molar-refractivity contribution in [3.05, 3.63) is 103 Å². The molecule has 3 aliphatic rings. The Kier molecular flexibility index (Phi) is 5.90. The highest BCUT2D eigenvalue weighted by molar-refractivity contribution is 6.37. The van der Waals surface area contributed by atoms with E-state index in [9.17, 15) is 14.9 Å². The number of aryl methyl sites for hydroxylation is 1. The van der Waals surface area contributed by atoms with Gasteiger partial charge in [-0.2, -0.15) is 0 Å². The van der Waals surface area contributed by atoms with Gasteiger partial charge >= 0.3 is 0 Å². The second-order valence-electron chi connectivity index (χ2n) is 10.0. The van der Waals surface area contributed by atoms with Crippen LogP contribution < -0.4 is 10.1 Å². The number of anilines is 1. The topological polar surface area (TPSA) is 84.7 Å². The summed E-state index contributed by atoms with van der Waals surface area (Å²) in [6, 6.07) is 17.3. The molecule has 1 N–H and O–H groups in total. The van der Waals surface area contributed by atoms with Crippen LogP contribution >= 0.6 is 23.2 Å². The number of para-hydroxylation sites is 1. The largest absolute Gasteiger partial charge is 0.486 e. The number of nitrogens with one attached hydrogen (secondary N) is 1. The molecule has 7 nitrogen and oxygen atoms in total. The Balaban J connectivity index is 1.40. The predicted molar refractivity (Wildman–Crippen MR) is 142 cm³/mol. The maximum absolute atomic E-state index is 13.6. The van der Waals surface area contributed by atoms with E-state index in [2.05, 4.69) is 5.32 Å². The van der Waals surface area contributed by atoms with Crippen LogP contribution in [0.4, 0.5) is 5.69 Å².